The van der Waals surface area contributed by atoms with E-state index in [9.17, 15) is 23.6 Å². The van der Waals surface area contributed by atoms with Crippen molar-refractivity contribution in [3.8, 4) is 11.5 Å². The number of benzene rings is 1. The SMILES string of the molecule is COc1ccc(NS(=O)(=O)C2([N+](=O)[O-])C=CC=CC2Cl)cc1O. The maximum atomic E-state index is 12.6. The second-order valence-electron chi connectivity index (χ2n) is 4.65. The van der Waals surface area contributed by atoms with Crippen LogP contribution in [0.5, 0.6) is 11.5 Å². The van der Waals surface area contributed by atoms with Gasteiger partial charge in [-0.25, -0.2) is 0 Å². The van der Waals surface area contributed by atoms with Crippen LogP contribution in [0.2, 0.25) is 0 Å². The molecule has 0 heterocycles. The standard InChI is InChI=1S/C13H13ClN2O6S/c1-22-11-6-5-9(8-10(11)17)15-23(20,21)13(16(18)19)7-3-2-4-12(13)14/h2-8,12,15,17H,1H3. The lowest BCUT2D eigenvalue weighted by Crippen LogP contribution is -2.54. The number of methoxy groups -OCH3 is 1. The number of allylic oxidation sites excluding steroid dienone is 2. The summed E-state index contributed by atoms with van der Waals surface area (Å²) in [6, 6.07) is 3.70. The van der Waals surface area contributed by atoms with Crippen LogP contribution in [0.1, 0.15) is 0 Å². The van der Waals surface area contributed by atoms with E-state index in [4.69, 9.17) is 16.3 Å². The molecule has 0 amide bonds. The summed E-state index contributed by atoms with van der Waals surface area (Å²) in [6.07, 6.45) is 4.80. The number of hydrogen-bond acceptors (Lipinski definition) is 6. The van der Waals surface area contributed by atoms with Crippen molar-refractivity contribution in [2.75, 3.05) is 11.8 Å². The number of nitrogens with one attached hydrogen (secondary N) is 1. The van der Waals surface area contributed by atoms with Crippen LogP contribution in [-0.4, -0.2) is 35.8 Å². The molecular weight excluding hydrogens is 348 g/mol. The van der Waals surface area contributed by atoms with Gasteiger partial charge in [0.15, 0.2) is 11.5 Å². The minimum Gasteiger partial charge on any atom is -0.504 e. The second kappa shape index (κ2) is 6.09. The predicted octanol–water partition coefficient (Wildman–Crippen LogP) is 1.85. The summed E-state index contributed by atoms with van der Waals surface area (Å²) in [4.78, 5) is 7.92. The molecule has 1 aromatic carbocycles. The van der Waals surface area contributed by atoms with Crippen molar-refractivity contribution in [2.45, 2.75) is 10.2 Å². The molecule has 2 rings (SSSR count). The number of phenols is 1. The van der Waals surface area contributed by atoms with Gasteiger partial charge in [-0.15, -0.1) is 11.6 Å². The third-order valence-electron chi connectivity index (χ3n) is 3.27. The molecule has 0 bridgehead atoms. The third-order valence-corrected chi connectivity index (χ3v) is 5.78. The zero-order valence-electron chi connectivity index (χ0n) is 11.8. The molecule has 0 saturated carbocycles. The molecule has 1 aliphatic carbocycles. The van der Waals surface area contributed by atoms with E-state index in [1.807, 2.05) is 0 Å². The smallest absolute Gasteiger partial charge is 0.374 e. The molecular formula is C13H13ClN2O6S. The van der Waals surface area contributed by atoms with E-state index in [2.05, 4.69) is 4.72 Å². The fourth-order valence-corrected chi connectivity index (χ4v) is 4.09. The molecule has 2 N–H and O–H groups in total. The van der Waals surface area contributed by atoms with Crippen molar-refractivity contribution in [3.63, 3.8) is 0 Å². The Labute approximate surface area is 137 Å². The Morgan fingerprint density at radius 3 is 2.65 bits per heavy atom. The number of alkyl halides is 1. The minimum absolute atomic E-state index is 0.0589. The van der Waals surface area contributed by atoms with Crippen LogP contribution in [0.3, 0.4) is 0 Å². The van der Waals surface area contributed by atoms with Crippen molar-refractivity contribution < 1.29 is 23.2 Å². The zero-order valence-corrected chi connectivity index (χ0v) is 13.4. The highest BCUT2D eigenvalue weighted by molar-refractivity contribution is 7.94. The molecule has 1 aliphatic rings. The number of sulfonamides is 1. The Bertz CT molecular complexity index is 792. The summed E-state index contributed by atoms with van der Waals surface area (Å²) in [5, 5.41) is 19.7. The van der Waals surface area contributed by atoms with Gasteiger partial charge in [-0.05, 0) is 12.1 Å². The highest BCUT2D eigenvalue weighted by Crippen LogP contribution is 2.35. The van der Waals surface area contributed by atoms with Crippen LogP contribution in [0.4, 0.5) is 5.69 Å². The van der Waals surface area contributed by atoms with Gasteiger partial charge >= 0.3 is 14.9 Å². The summed E-state index contributed by atoms with van der Waals surface area (Å²) in [5.74, 6) is -0.183. The van der Waals surface area contributed by atoms with E-state index >= 15 is 0 Å². The second-order valence-corrected chi connectivity index (χ2v) is 6.98. The maximum absolute atomic E-state index is 12.6. The van der Waals surface area contributed by atoms with Crippen LogP contribution in [0.25, 0.3) is 0 Å². The van der Waals surface area contributed by atoms with E-state index < -0.39 is 25.2 Å². The fraction of sp³-hybridized carbons (Fsp3) is 0.231. The number of aromatic hydroxyl groups is 1. The number of phenolic OH excluding ortho intramolecular Hbond substituents is 1. The summed E-state index contributed by atoms with van der Waals surface area (Å²) in [6.45, 7) is 0. The van der Waals surface area contributed by atoms with Crippen LogP contribution in [0, 0.1) is 10.1 Å². The van der Waals surface area contributed by atoms with Gasteiger partial charge in [-0.1, -0.05) is 18.2 Å². The van der Waals surface area contributed by atoms with E-state index in [1.54, 1.807) is 0 Å². The molecule has 124 valence electrons. The normalized spacial score (nSPS) is 23.5. The number of nitrogens with zero attached hydrogens (tertiary/aromatic N) is 1. The van der Waals surface area contributed by atoms with Crippen molar-refractivity contribution in [3.05, 3.63) is 52.6 Å². The van der Waals surface area contributed by atoms with Crippen molar-refractivity contribution in [2.24, 2.45) is 0 Å². The monoisotopic (exact) mass is 360 g/mol. The van der Waals surface area contributed by atoms with Gasteiger partial charge in [0.2, 0.25) is 0 Å². The lowest BCUT2D eigenvalue weighted by atomic mass is 10.1. The third kappa shape index (κ3) is 2.84. The molecule has 0 fully saturated rings. The summed E-state index contributed by atoms with van der Waals surface area (Å²) >= 11 is 5.90. The van der Waals surface area contributed by atoms with Gasteiger partial charge in [0, 0.05) is 12.1 Å². The zero-order chi connectivity index (χ0) is 17.3. The molecule has 1 aromatic rings. The molecule has 0 aromatic heterocycles. The Morgan fingerprint density at radius 2 is 2.13 bits per heavy atom. The molecule has 0 aliphatic heterocycles. The van der Waals surface area contributed by atoms with Gasteiger partial charge in [0.25, 0.3) is 0 Å². The average molecular weight is 361 g/mol. The Balaban J connectivity index is 2.44. The highest BCUT2D eigenvalue weighted by Gasteiger charge is 2.59. The summed E-state index contributed by atoms with van der Waals surface area (Å²) < 4.78 is 32.0. The largest absolute Gasteiger partial charge is 0.504 e. The molecule has 0 radical (unpaired) electrons. The van der Waals surface area contributed by atoms with Gasteiger partial charge in [0.1, 0.15) is 5.38 Å². The van der Waals surface area contributed by atoms with E-state index in [1.165, 1.54) is 37.5 Å². The first-order valence-electron chi connectivity index (χ1n) is 6.28. The number of ether oxygens (including phenoxy) is 1. The number of nitro groups is 1. The van der Waals surface area contributed by atoms with Gasteiger partial charge in [-0.2, -0.15) is 8.42 Å². The first-order chi connectivity index (χ1) is 10.7. The summed E-state index contributed by atoms with van der Waals surface area (Å²) in [7, 11) is -3.22. The van der Waals surface area contributed by atoms with Gasteiger partial charge < -0.3 is 9.84 Å². The Kier molecular flexibility index (Phi) is 4.53. The summed E-state index contributed by atoms with van der Waals surface area (Å²) in [5.41, 5.74) is -0.0589. The van der Waals surface area contributed by atoms with E-state index in [-0.39, 0.29) is 17.2 Å². The lowest BCUT2D eigenvalue weighted by molar-refractivity contribution is -0.524. The number of anilines is 1. The molecule has 0 saturated heterocycles. The van der Waals surface area contributed by atoms with E-state index in [0.717, 1.165) is 12.1 Å². The lowest BCUT2D eigenvalue weighted by Gasteiger charge is -2.26. The van der Waals surface area contributed by atoms with Crippen LogP contribution >= 0.6 is 11.6 Å². The molecule has 10 heteroatoms. The van der Waals surface area contributed by atoms with Gasteiger partial charge in [0.05, 0.1) is 17.7 Å². The minimum atomic E-state index is -4.55. The number of rotatable bonds is 5. The average Bonchev–Trinajstić information content (AvgIpc) is 2.47. The highest BCUT2D eigenvalue weighted by atomic mass is 35.5. The molecule has 2 unspecified atom stereocenters. The molecule has 0 spiro atoms. The molecule has 2 atom stereocenters. The first-order valence-corrected chi connectivity index (χ1v) is 8.20. The van der Waals surface area contributed by atoms with Crippen molar-refractivity contribution in [1.29, 1.82) is 0 Å². The Morgan fingerprint density at radius 1 is 1.43 bits per heavy atom. The fourth-order valence-electron chi connectivity index (χ4n) is 2.07. The van der Waals surface area contributed by atoms with Crippen molar-refractivity contribution >= 4 is 27.3 Å². The maximum Gasteiger partial charge on any atom is 0.374 e. The van der Waals surface area contributed by atoms with Crippen molar-refractivity contribution in [1.82, 2.24) is 0 Å². The molecule has 8 nitrogen and oxygen atoms in total. The molecule has 23 heavy (non-hydrogen) atoms. The topological polar surface area (TPSA) is 119 Å². The van der Waals surface area contributed by atoms with Crippen LogP contribution < -0.4 is 9.46 Å². The Hall–Kier alpha value is -2.26. The van der Waals surface area contributed by atoms with Crippen LogP contribution in [-0.2, 0) is 10.0 Å². The first kappa shape index (κ1) is 17.1. The van der Waals surface area contributed by atoms with Crippen LogP contribution in [0.15, 0.2) is 42.5 Å². The van der Waals surface area contributed by atoms with Gasteiger partial charge in [-0.3, -0.25) is 14.8 Å². The van der Waals surface area contributed by atoms with E-state index in [0.29, 0.717) is 0 Å². The number of hydrogen-bond donors (Lipinski definition) is 2. The number of halogens is 1. The predicted molar refractivity (Wildman–Crippen MR) is 84.8 cm³/mol. The quantitative estimate of drug-likeness (QED) is 0.470.